The van der Waals surface area contributed by atoms with Crippen LogP contribution in [0.3, 0.4) is 0 Å². The quantitative estimate of drug-likeness (QED) is 0.606. The van der Waals surface area contributed by atoms with Gasteiger partial charge < -0.3 is 4.74 Å². The fraction of sp³-hybridized carbons (Fsp3) is 0.0667. The highest BCUT2D eigenvalue weighted by Gasteiger charge is 2.02. The number of hydrogen-bond donors (Lipinski definition) is 0. The molecule has 0 amide bonds. The van der Waals surface area contributed by atoms with Crippen LogP contribution in [0.25, 0.3) is 6.08 Å². The molecule has 0 unspecified atom stereocenters. The monoisotopic (exact) mass is 333 g/mol. The van der Waals surface area contributed by atoms with Gasteiger partial charge in [-0.05, 0) is 39.2 Å². The van der Waals surface area contributed by atoms with E-state index < -0.39 is 4.92 Å². The predicted molar refractivity (Wildman–Crippen MR) is 80.9 cm³/mol. The summed E-state index contributed by atoms with van der Waals surface area (Å²) >= 11 is 3.40. The van der Waals surface area contributed by atoms with E-state index in [0.717, 1.165) is 21.8 Å². The lowest BCUT2D eigenvalue weighted by atomic mass is 10.2. The Kier molecular flexibility index (Phi) is 4.90. The Hall–Kier alpha value is -2.14. The lowest BCUT2D eigenvalue weighted by Gasteiger charge is -2.08. The maximum Gasteiger partial charge on any atom is 0.235 e. The van der Waals surface area contributed by atoms with E-state index >= 15 is 0 Å². The second-order valence-electron chi connectivity index (χ2n) is 4.07. The number of ether oxygens (including phenoxy) is 1. The van der Waals surface area contributed by atoms with Crippen LogP contribution in [0.4, 0.5) is 0 Å². The number of rotatable bonds is 5. The van der Waals surface area contributed by atoms with Crippen LogP contribution in [0.2, 0.25) is 0 Å². The normalized spacial score (nSPS) is 10.7. The van der Waals surface area contributed by atoms with Crippen LogP contribution in [-0.2, 0) is 6.61 Å². The molecule has 0 saturated heterocycles. The Balaban J connectivity index is 2.04. The van der Waals surface area contributed by atoms with E-state index in [-0.39, 0.29) is 0 Å². The zero-order valence-corrected chi connectivity index (χ0v) is 12.1. The number of benzene rings is 2. The van der Waals surface area contributed by atoms with Gasteiger partial charge in [0.05, 0.1) is 9.40 Å². The molecule has 0 saturated carbocycles. The Morgan fingerprint density at radius 1 is 1.20 bits per heavy atom. The molecule has 0 fully saturated rings. The number of hydrogen-bond acceptors (Lipinski definition) is 3. The molecule has 0 radical (unpaired) electrons. The van der Waals surface area contributed by atoms with E-state index in [1.165, 1.54) is 6.08 Å². The molecule has 0 N–H and O–H groups in total. The average Bonchev–Trinajstić information content (AvgIpc) is 2.45. The van der Waals surface area contributed by atoms with Crippen molar-refractivity contribution in [1.82, 2.24) is 0 Å². The van der Waals surface area contributed by atoms with Gasteiger partial charge in [-0.25, -0.2) is 0 Å². The van der Waals surface area contributed by atoms with Gasteiger partial charge in [-0.1, -0.05) is 36.4 Å². The second kappa shape index (κ2) is 6.86. The van der Waals surface area contributed by atoms with Crippen molar-refractivity contribution in [1.29, 1.82) is 0 Å². The van der Waals surface area contributed by atoms with Gasteiger partial charge in [0.2, 0.25) is 6.20 Å². The molecular formula is C15H12BrNO3. The van der Waals surface area contributed by atoms with Crippen LogP contribution in [0.15, 0.2) is 59.2 Å². The van der Waals surface area contributed by atoms with E-state index in [1.807, 2.05) is 30.3 Å². The first-order chi connectivity index (χ1) is 9.65. The molecule has 2 aromatic rings. The summed E-state index contributed by atoms with van der Waals surface area (Å²) in [5, 5.41) is 10.3. The third kappa shape index (κ3) is 4.20. The minimum atomic E-state index is -0.492. The summed E-state index contributed by atoms with van der Waals surface area (Å²) in [7, 11) is 0. The van der Waals surface area contributed by atoms with Crippen molar-refractivity contribution in [3.8, 4) is 5.75 Å². The minimum Gasteiger partial charge on any atom is -0.488 e. The van der Waals surface area contributed by atoms with Crippen LogP contribution < -0.4 is 4.74 Å². The van der Waals surface area contributed by atoms with Crippen molar-refractivity contribution in [2.45, 2.75) is 6.61 Å². The summed E-state index contributed by atoms with van der Waals surface area (Å²) in [4.78, 5) is 9.77. The Bertz CT molecular complexity index is 626. The highest BCUT2D eigenvalue weighted by molar-refractivity contribution is 9.10. The van der Waals surface area contributed by atoms with E-state index in [4.69, 9.17) is 4.74 Å². The van der Waals surface area contributed by atoms with Gasteiger partial charge in [0.15, 0.2) is 0 Å². The molecule has 0 aliphatic heterocycles. The fourth-order valence-corrected chi connectivity index (χ4v) is 2.13. The molecule has 4 nitrogen and oxygen atoms in total. The SMILES string of the molecule is O=[N+]([O-])/C=C/c1ccc(OCc2ccccc2)c(Br)c1. The maximum atomic E-state index is 10.3. The summed E-state index contributed by atoms with van der Waals surface area (Å²) in [5.74, 6) is 0.701. The fourth-order valence-electron chi connectivity index (χ4n) is 1.62. The van der Waals surface area contributed by atoms with Crippen molar-refractivity contribution >= 4 is 22.0 Å². The zero-order valence-electron chi connectivity index (χ0n) is 10.5. The molecule has 0 aliphatic carbocycles. The maximum absolute atomic E-state index is 10.3. The predicted octanol–water partition coefficient (Wildman–Crippen LogP) is 4.28. The van der Waals surface area contributed by atoms with Gasteiger partial charge in [0, 0.05) is 6.08 Å². The molecule has 0 heterocycles. The van der Waals surface area contributed by atoms with Crippen LogP contribution in [-0.4, -0.2) is 4.92 Å². The van der Waals surface area contributed by atoms with Crippen LogP contribution in [0, 0.1) is 10.1 Å². The van der Waals surface area contributed by atoms with E-state index in [9.17, 15) is 10.1 Å². The average molecular weight is 334 g/mol. The standard InChI is InChI=1S/C15H12BrNO3/c16-14-10-12(8-9-17(18)19)6-7-15(14)20-11-13-4-2-1-3-5-13/h1-10H,11H2/b9-8+. The third-order valence-electron chi connectivity index (χ3n) is 2.58. The largest absolute Gasteiger partial charge is 0.488 e. The van der Waals surface area contributed by atoms with Crippen LogP contribution in [0.1, 0.15) is 11.1 Å². The molecule has 102 valence electrons. The first kappa shape index (κ1) is 14.3. The molecule has 2 aromatic carbocycles. The topological polar surface area (TPSA) is 52.4 Å². The first-order valence-electron chi connectivity index (χ1n) is 5.93. The summed E-state index contributed by atoms with van der Waals surface area (Å²) < 4.78 is 6.46. The highest BCUT2D eigenvalue weighted by Crippen LogP contribution is 2.27. The van der Waals surface area contributed by atoms with Crippen molar-refractivity contribution in [2.75, 3.05) is 0 Å². The van der Waals surface area contributed by atoms with Crippen LogP contribution in [0.5, 0.6) is 5.75 Å². The molecule has 0 spiro atoms. The number of halogens is 1. The molecule has 20 heavy (non-hydrogen) atoms. The van der Waals surface area contributed by atoms with Crippen molar-refractivity contribution in [3.05, 3.63) is 80.4 Å². The molecule has 0 aromatic heterocycles. The third-order valence-corrected chi connectivity index (χ3v) is 3.20. The summed E-state index contributed by atoms with van der Waals surface area (Å²) in [6.45, 7) is 0.476. The summed E-state index contributed by atoms with van der Waals surface area (Å²) in [6.07, 6.45) is 2.35. The first-order valence-corrected chi connectivity index (χ1v) is 6.72. The molecule has 0 bridgehead atoms. The Labute approximate surface area is 125 Å². The smallest absolute Gasteiger partial charge is 0.235 e. The molecule has 2 rings (SSSR count). The van der Waals surface area contributed by atoms with Crippen molar-refractivity contribution < 1.29 is 9.66 Å². The Morgan fingerprint density at radius 2 is 1.95 bits per heavy atom. The van der Waals surface area contributed by atoms with Crippen molar-refractivity contribution in [3.63, 3.8) is 0 Å². The van der Waals surface area contributed by atoms with Gasteiger partial charge in [-0.15, -0.1) is 0 Å². The number of nitrogens with zero attached hydrogens (tertiary/aromatic N) is 1. The molecular weight excluding hydrogens is 322 g/mol. The summed E-state index contributed by atoms with van der Waals surface area (Å²) in [6, 6.07) is 15.2. The Morgan fingerprint density at radius 3 is 2.60 bits per heavy atom. The highest BCUT2D eigenvalue weighted by atomic mass is 79.9. The van der Waals surface area contributed by atoms with Crippen LogP contribution >= 0.6 is 15.9 Å². The zero-order chi connectivity index (χ0) is 14.4. The van der Waals surface area contributed by atoms with Gasteiger partial charge >= 0.3 is 0 Å². The van der Waals surface area contributed by atoms with Crippen molar-refractivity contribution in [2.24, 2.45) is 0 Å². The molecule has 5 heteroatoms. The molecule has 0 atom stereocenters. The van der Waals surface area contributed by atoms with E-state index in [0.29, 0.717) is 12.4 Å². The van der Waals surface area contributed by atoms with E-state index in [1.54, 1.807) is 18.2 Å². The molecule has 0 aliphatic rings. The van der Waals surface area contributed by atoms with Gasteiger partial charge in [0.25, 0.3) is 0 Å². The number of nitro groups is 1. The summed E-state index contributed by atoms with van der Waals surface area (Å²) in [5.41, 5.74) is 1.82. The minimum absolute atomic E-state index is 0.476. The lowest BCUT2D eigenvalue weighted by Crippen LogP contribution is -1.95. The lowest BCUT2D eigenvalue weighted by molar-refractivity contribution is -0.400. The van der Waals surface area contributed by atoms with Gasteiger partial charge in [-0.3, -0.25) is 10.1 Å². The van der Waals surface area contributed by atoms with E-state index in [2.05, 4.69) is 15.9 Å². The van der Waals surface area contributed by atoms with Gasteiger partial charge in [-0.2, -0.15) is 0 Å². The van der Waals surface area contributed by atoms with Gasteiger partial charge in [0.1, 0.15) is 12.4 Å². The second-order valence-corrected chi connectivity index (χ2v) is 4.92.